The Hall–Kier alpha value is 0.930. The lowest BCUT2D eigenvalue weighted by Gasteiger charge is -2.25. The molecule has 2 atom stereocenters. The zero-order valence-corrected chi connectivity index (χ0v) is 10.9. The minimum absolute atomic E-state index is 0.0385. The molecule has 1 aliphatic rings. The third kappa shape index (κ3) is 2.30. The summed E-state index contributed by atoms with van der Waals surface area (Å²) in [6.07, 6.45) is 0.801. The summed E-state index contributed by atoms with van der Waals surface area (Å²) in [4.78, 5) is 0. The zero-order chi connectivity index (χ0) is 10.3. The minimum Gasteiger partial charge on any atom is -0.389 e. The average molecular weight is 339 g/mol. The standard InChI is InChI=1S/C7H12ClIO3S/c1-2-13(11,12)7(8,9)6(10)5-3-4-5/h5-6,10H,2-4H2,1H3/t6-,7+/m0/s1. The van der Waals surface area contributed by atoms with Crippen LogP contribution in [0.4, 0.5) is 0 Å². The van der Waals surface area contributed by atoms with E-state index in [1.54, 1.807) is 22.6 Å². The molecule has 0 bridgehead atoms. The van der Waals surface area contributed by atoms with E-state index in [1.807, 2.05) is 0 Å². The van der Waals surface area contributed by atoms with E-state index in [2.05, 4.69) is 0 Å². The van der Waals surface area contributed by atoms with Crippen LogP contribution in [0.5, 0.6) is 0 Å². The second-order valence-corrected chi connectivity index (χ2v) is 9.59. The smallest absolute Gasteiger partial charge is 0.221 e. The number of hydrogen-bond donors (Lipinski definition) is 1. The number of aliphatic hydroxyl groups excluding tert-OH is 1. The lowest BCUT2D eigenvalue weighted by molar-refractivity contribution is 0.160. The molecule has 0 spiro atoms. The maximum absolute atomic E-state index is 11.5. The summed E-state index contributed by atoms with van der Waals surface area (Å²) in [6, 6.07) is 0. The first-order valence-electron chi connectivity index (χ1n) is 4.11. The Morgan fingerprint density at radius 1 is 1.69 bits per heavy atom. The molecule has 78 valence electrons. The average Bonchev–Trinajstić information content (AvgIpc) is 2.85. The molecule has 1 N–H and O–H groups in total. The molecular formula is C7H12ClIO3S. The number of aliphatic hydroxyl groups is 1. The molecule has 0 heterocycles. The van der Waals surface area contributed by atoms with Crippen molar-refractivity contribution >= 4 is 44.0 Å². The fourth-order valence-corrected chi connectivity index (χ4v) is 3.96. The Kier molecular flexibility index (Phi) is 3.53. The van der Waals surface area contributed by atoms with Crippen LogP contribution in [0.1, 0.15) is 19.8 Å². The van der Waals surface area contributed by atoms with Crippen LogP contribution in [-0.4, -0.2) is 27.6 Å². The second-order valence-electron chi connectivity index (χ2n) is 3.25. The van der Waals surface area contributed by atoms with Gasteiger partial charge < -0.3 is 5.11 Å². The zero-order valence-electron chi connectivity index (χ0n) is 7.20. The Morgan fingerprint density at radius 2 is 2.15 bits per heavy atom. The lowest BCUT2D eigenvalue weighted by Crippen LogP contribution is -2.40. The van der Waals surface area contributed by atoms with Crippen LogP contribution in [0, 0.1) is 5.92 Å². The largest absolute Gasteiger partial charge is 0.389 e. The summed E-state index contributed by atoms with van der Waals surface area (Å²) < 4.78 is 21.4. The molecule has 1 fully saturated rings. The van der Waals surface area contributed by atoms with Gasteiger partial charge >= 0.3 is 0 Å². The maximum Gasteiger partial charge on any atom is 0.221 e. The van der Waals surface area contributed by atoms with Crippen molar-refractivity contribution in [2.45, 2.75) is 28.1 Å². The normalized spacial score (nSPS) is 25.2. The Balaban J connectivity index is 2.85. The maximum atomic E-state index is 11.5. The first-order valence-corrected chi connectivity index (χ1v) is 7.22. The monoisotopic (exact) mass is 338 g/mol. The third-order valence-corrected chi connectivity index (χ3v) is 7.62. The van der Waals surface area contributed by atoms with Crippen LogP contribution >= 0.6 is 34.2 Å². The summed E-state index contributed by atoms with van der Waals surface area (Å²) in [7, 11) is -3.40. The summed E-state index contributed by atoms with van der Waals surface area (Å²) >= 11 is 7.49. The van der Waals surface area contributed by atoms with E-state index in [1.165, 1.54) is 6.92 Å². The summed E-state index contributed by atoms with van der Waals surface area (Å²) in [6.45, 7) is 1.53. The van der Waals surface area contributed by atoms with Crippen molar-refractivity contribution in [3.63, 3.8) is 0 Å². The van der Waals surface area contributed by atoms with Crippen molar-refractivity contribution in [1.82, 2.24) is 0 Å². The van der Waals surface area contributed by atoms with Crippen molar-refractivity contribution < 1.29 is 13.5 Å². The van der Waals surface area contributed by atoms with Gasteiger partial charge in [-0.25, -0.2) is 8.42 Å². The predicted octanol–water partition coefficient (Wildman–Crippen LogP) is 1.52. The highest BCUT2D eigenvalue weighted by Gasteiger charge is 2.50. The quantitative estimate of drug-likeness (QED) is 0.624. The van der Waals surface area contributed by atoms with Crippen LogP contribution < -0.4 is 0 Å². The van der Waals surface area contributed by atoms with Gasteiger partial charge in [-0.3, -0.25) is 0 Å². The number of rotatable bonds is 4. The highest BCUT2D eigenvalue weighted by Crippen LogP contribution is 2.46. The van der Waals surface area contributed by atoms with Gasteiger partial charge in [-0.1, -0.05) is 18.5 Å². The van der Waals surface area contributed by atoms with Crippen LogP contribution in [0.25, 0.3) is 0 Å². The number of hydrogen-bond acceptors (Lipinski definition) is 3. The van der Waals surface area contributed by atoms with Crippen molar-refractivity contribution in [2.24, 2.45) is 5.92 Å². The predicted molar refractivity (Wildman–Crippen MR) is 60.8 cm³/mol. The van der Waals surface area contributed by atoms with E-state index in [-0.39, 0.29) is 11.7 Å². The fourth-order valence-electron chi connectivity index (χ4n) is 1.06. The molecule has 1 saturated carbocycles. The molecule has 0 radical (unpaired) electrons. The van der Waals surface area contributed by atoms with Gasteiger partial charge in [0.15, 0.2) is 9.84 Å². The fraction of sp³-hybridized carbons (Fsp3) is 1.00. The molecule has 1 aliphatic carbocycles. The number of alkyl halides is 2. The molecule has 13 heavy (non-hydrogen) atoms. The van der Waals surface area contributed by atoms with Crippen LogP contribution in [0.15, 0.2) is 0 Å². The summed E-state index contributed by atoms with van der Waals surface area (Å²) in [5.74, 6) is 0.0270. The topological polar surface area (TPSA) is 54.4 Å². The van der Waals surface area contributed by atoms with E-state index in [9.17, 15) is 13.5 Å². The molecule has 6 heteroatoms. The van der Waals surface area contributed by atoms with Crippen molar-refractivity contribution in [2.75, 3.05) is 5.75 Å². The molecular weight excluding hydrogens is 326 g/mol. The van der Waals surface area contributed by atoms with E-state index < -0.39 is 18.2 Å². The van der Waals surface area contributed by atoms with Gasteiger partial charge in [-0.2, -0.15) is 0 Å². The number of sulfone groups is 1. The van der Waals surface area contributed by atoms with Gasteiger partial charge in [0.05, 0.1) is 11.9 Å². The van der Waals surface area contributed by atoms with E-state index >= 15 is 0 Å². The highest BCUT2D eigenvalue weighted by atomic mass is 127. The molecule has 0 unspecified atom stereocenters. The van der Waals surface area contributed by atoms with E-state index in [0.29, 0.717) is 0 Å². The highest BCUT2D eigenvalue weighted by molar-refractivity contribution is 14.1. The van der Waals surface area contributed by atoms with Gasteiger partial charge in [-0.05, 0) is 41.4 Å². The first kappa shape index (κ1) is 12.0. The van der Waals surface area contributed by atoms with E-state index in [0.717, 1.165) is 12.8 Å². The van der Waals surface area contributed by atoms with Gasteiger partial charge in [0.25, 0.3) is 0 Å². The first-order chi connectivity index (χ1) is 5.83. The minimum atomic E-state index is -3.40. The molecule has 0 aliphatic heterocycles. The van der Waals surface area contributed by atoms with Crippen LogP contribution in [0.2, 0.25) is 0 Å². The van der Waals surface area contributed by atoms with Crippen LogP contribution in [-0.2, 0) is 9.84 Å². The lowest BCUT2D eigenvalue weighted by atomic mass is 10.3. The number of halogens is 2. The molecule has 0 saturated heterocycles. The van der Waals surface area contributed by atoms with Gasteiger partial charge in [0.1, 0.15) is 0 Å². The SMILES string of the molecule is CCS(=O)(=O)[C@](Cl)(I)[C@@H](O)C1CC1. The van der Waals surface area contributed by atoms with Gasteiger partial charge in [-0.15, -0.1) is 0 Å². The Bertz CT molecular complexity index is 284. The Labute approximate surface area is 96.9 Å². The van der Waals surface area contributed by atoms with E-state index in [4.69, 9.17) is 11.6 Å². The summed E-state index contributed by atoms with van der Waals surface area (Å²) in [5, 5.41) is 9.66. The second kappa shape index (κ2) is 3.83. The Morgan fingerprint density at radius 3 is 2.46 bits per heavy atom. The van der Waals surface area contributed by atoms with Crippen molar-refractivity contribution in [3.8, 4) is 0 Å². The van der Waals surface area contributed by atoms with Gasteiger partial charge in [0.2, 0.25) is 2.21 Å². The molecule has 1 rings (SSSR count). The van der Waals surface area contributed by atoms with Crippen molar-refractivity contribution in [1.29, 1.82) is 0 Å². The van der Waals surface area contributed by atoms with Gasteiger partial charge in [0, 0.05) is 0 Å². The third-order valence-electron chi connectivity index (χ3n) is 2.21. The molecule has 0 aromatic rings. The van der Waals surface area contributed by atoms with Crippen molar-refractivity contribution in [3.05, 3.63) is 0 Å². The summed E-state index contributed by atoms with van der Waals surface area (Å²) in [5.41, 5.74) is 0. The molecule has 3 nitrogen and oxygen atoms in total. The molecule has 0 aromatic carbocycles. The molecule has 0 amide bonds. The molecule has 0 aromatic heterocycles. The van der Waals surface area contributed by atoms with Crippen LogP contribution in [0.3, 0.4) is 0 Å².